The van der Waals surface area contributed by atoms with Crippen molar-refractivity contribution in [2.75, 3.05) is 11.7 Å². The minimum absolute atomic E-state index is 0.0202. The fourth-order valence-corrected chi connectivity index (χ4v) is 3.03. The van der Waals surface area contributed by atoms with Gasteiger partial charge >= 0.3 is 0 Å². The van der Waals surface area contributed by atoms with Crippen LogP contribution in [-0.4, -0.2) is 12.5 Å². The fraction of sp³-hybridized carbons (Fsp3) is 0.533. The predicted molar refractivity (Wildman–Crippen MR) is 73.4 cm³/mol. The summed E-state index contributed by atoms with van der Waals surface area (Å²) in [6.07, 6.45) is 6.13. The molecule has 1 aliphatic heterocycles. The number of hydrogen-bond acceptors (Lipinski definition) is 3. The van der Waals surface area contributed by atoms with Crippen LogP contribution in [0.1, 0.15) is 44.1 Å². The Labute approximate surface area is 113 Å². The van der Waals surface area contributed by atoms with Gasteiger partial charge in [0.05, 0.1) is 18.7 Å². The standard InChI is InChI=1S/C15H20N2O2/c16-15(8-2-1-3-9-15)12-5-4-6-13(11-12)17-14(18)7-10-19-17/h4-6,11H,1-3,7-10,16H2. The van der Waals surface area contributed by atoms with E-state index in [9.17, 15) is 4.79 Å². The molecule has 1 saturated heterocycles. The second kappa shape index (κ2) is 4.94. The summed E-state index contributed by atoms with van der Waals surface area (Å²) in [6.45, 7) is 0.469. The van der Waals surface area contributed by atoms with E-state index in [1.807, 2.05) is 18.2 Å². The molecule has 1 amide bonds. The molecule has 3 rings (SSSR count). The number of amides is 1. The second-order valence-corrected chi connectivity index (χ2v) is 5.54. The zero-order valence-corrected chi connectivity index (χ0v) is 11.1. The Balaban J connectivity index is 1.89. The summed E-state index contributed by atoms with van der Waals surface area (Å²) < 4.78 is 0. The van der Waals surface area contributed by atoms with Crippen LogP contribution in [0.15, 0.2) is 24.3 Å². The van der Waals surface area contributed by atoms with Gasteiger partial charge in [0.2, 0.25) is 0 Å². The summed E-state index contributed by atoms with van der Waals surface area (Å²) in [5.74, 6) is 0.0202. The lowest BCUT2D eigenvalue weighted by molar-refractivity contribution is -0.119. The average Bonchev–Trinajstić information content (AvgIpc) is 2.86. The molecule has 1 aromatic carbocycles. The van der Waals surface area contributed by atoms with Crippen molar-refractivity contribution in [3.63, 3.8) is 0 Å². The highest BCUT2D eigenvalue weighted by Gasteiger charge is 2.31. The summed E-state index contributed by atoms with van der Waals surface area (Å²) in [5.41, 5.74) is 8.22. The van der Waals surface area contributed by atoms with E-state index in [1.54, 1.807) is 0 Å². The summed E-state index contributed by atoms with van der Waals surface area (Å²) in [7, 11) is 0. The van der Waals surface area contributed by atoms with E-state index in [-0.39, 0.29) is 11.4 Å². The topological polar surface area (TPSA) is 55.6 Å². The predicted octanol–water partition coefficient (Wildman–Crippen LogP) is 2.47. The average molecular weight is 260 g/mol. The maximum absolute atomic E-state index is 11.7. The van der Waals surface area contributed by atoms with Crippen LogP contribution in [0, 0.1) is 0 Å². The van der Waals surface area contributed by atoms with Crippen LogP contribution in [0.2, 0.25) is 0 Å². The molecule has 102 valence electrons. The normalized spacial score (nSPS) is 22.8. The molecule has 0 bridgehead atoms. The van der Waals surface area contributed by atoms with Gasteiger partial charge in [-0.05, 0) is 30.5 Å². The van der Waals surface area contributed by atoms with E-state index in [2.05, 4.69) is 6.07 Å². The van der Waals surface area contributed by atoms with E-state index in [4.69, 9.17) is 10.6 Å². The first-order valence-corrected chi connectivity index (χ1v) is 7.04. The van der Waals surface area contributed by atoms with Crippen molar-refractivity contribution in [1.29, 1.82) is 0 Å². The highest BCUT2D eigenvalue weighted by Crippen LogP contribution is 2.36. The van der Waals surface area contributed by atoms with Crippen LogP contribution in [0.4, 0.5) is 5.69 Å². The van der Waals surface area contributed by atoms with Crippen LogP contribution in [0.3, 0.4) is 0 Å². The van der Waals surface area contributed by atoms with Crippen molar-refractivity contribution in [3.05, 3.63) is 29.8 Å². The second-order valence-electron chi connectivity index (χ2n) is 5.54. The molecule has 1 aliphatic carbocycles. The van der Waals surface area contributed by atoms with Gasteiger partial charge in [-0.1, -0.05) is 31.4 Å². The Hall–Kier alpha value is -1.39. The maximum atomic E-state index is 11.7. The molecule has 4 heteroatoms. The number of hydroxylamine groups is 1. The third kappa shape index (κ3) is 2.38. The first kappa shape index (κ1) is 12.6. The first-order valence-electron chi connectivity index (χ1n) is 7.04. The molecule has 19 heavy (non-hydrogen) atoms. The summed E-state index contributed by atoms with van der Waals surface area (Å²) in [4.78, 5) is 17.1. The van der Waals surface area contributed by atoms with E-state index >= 15 is 0 Å². The Morgan fingerprint density at radius 3 is 2.68 bits per heavy atom. The van der Waals surface area contributed by atoms with Crippen molar-refractivity contribution in [2.24, 2.45) is 5.73 Å². The molecule has 1 aromatic rings. The van der Waals surface area contributed by atoms with E-state index in [0.717, 1.165) is 24.1 Å². The smallest absolute Gasteiger partial charge is 0.253 e. The quantitative estimate of drug-likeness (QED) is 0.888. The number of benzene rings is 1. The van der Waals surface area contributed by atoms with E-state index in [1.165, 1.54) is 24.3 Å². The van der Waals surface area contributed by atoms with Crippen molar-refractivity contribution >= 4 is 11.6 Å². The van der Waals surface area contributed by atoms with Gasteiger partial charge in [-0.15, -0.1) is 0 Å². The molecular weight excluding hydrogens is 240 g/mol. The number of nitrogens with zero attached hydrogens (tertiary/aromatic N) is 1. The molecular formula is C15H20N2O2. The Kier molecular flexibility index (Phi) is 3.29. The zero-order valence-electron chi connectivity index (χ0n) is 11.1. The van der Waals surface area contributed by atoms with E-state index in [0.29, 0.717) is 13.0 Å². The molecule has 0 spiro atoms. The van der Waals surface area contributed by atoms with Crippen LogP contribution in [-0.2, 0) is 15.2 Å². The van der Waals surface area contributed by atoms with Crippen molar-refractivity contribution in [1.82, 2.24) is 0 Å². The number of hydrogen-bond donors (Lipinski definition) is 1. The van der Waals surface area contributed by atoms with Crippen molar-refractivity contribution in [3.8, 4) is 0 Å². The molecule has 2 fully saturated rings. The molecule has 1 heterocycles. The number of carbonyl (C=O) groups is 1. The molecule has 4 nitrogen and oxygen atoms in total. The number of rotatable bonds is 2. The largest absolute Gasteiger partial charge is 0.321 e. The molecule has 0 atom stereocenters. The molecule has 0 radical (unpaired) electrons. The summed E-state index contributed by atoms with van der Waals surface area (Å²) in [6, 6.07) is 7.94. The van der Waals surface area contributed by atoms with Crippen LogP contribution >= 0.6 is 0 Å². The van der Waals surface area contributed by atoms with Gasteiger partial charge in [0.15, 0.2) is 0 Å². The van der Waals surface area contributed by atoms with Crippen molar-refractivity contribution in [2.45, 2.75) is 44.1 Å². The van der Waals surface area contributed by atoms with E-state index < -0.39 is 0 Å². The Morgan fingerprint density at radius 1 is 1.21 bits per heavy atom. The highest BCUT2D eigenvalue weighted by molar-refractivity contribution is 5.92. The van der Waals surface area contributed by atoms with Gasteiger partial charge < -0.3 is 5.73 Å². The number of carbonyl (C=O) groups excluding carboxylic acids is 1. The maximum Gasteiger partial charge on any atom is 0.253 e. The molecule has 2 aliphatic rings. The van der Waals surface area contributed by atoms with Gasteiger partial charge in [-0.25, -0.2) is 0 Å². The van der Waals surface area contributed by atoms with Crippen molar-refractivity contribution < 1.29 is 9.63 Å². The molecule has 1 saturated carbocycles. The van der Waals surface area contributed by atoms with Gasteiger partial charge in [0, 0.05) is 5.54 Å². The molecule has 0 unspecified atom stereocenters. The van der Waals surface area contributed by atoms with Gasteiger partial charge in [0.25, 0.3) is 5.91 Å². The molecule has 2 N–H and O–H groups in total. The molecule has 0 aromatic heterocycles. The van der Waals surface area contributed by atoms with Gasteiger partial charge in [-0.3, -0.25) is 9.63 Å². The van der Waals surface area contributed by atoms with Crippen LogP contribution in [0.25, 0.3) is 0 Å². The lowest BCUT2D eigenvalue weighted by Gasteiger charge is -2.34. The first-order chi connectivity index (χ1) is 9.19. The lowest BCUT2D eigenvalue weighted by atomic mass is 9.77. The van der Waals surface area contributed by atoms with Gasteiger partial charge in [-0.2, -0.15) is 5.06 Å². The van der Waals surface area contributed by atoms with Crippen LogP contribution in [0.5, 0.6) is 0 Å². The monoisotopic (exact) mass is 260 g/mol. The zero-order chi connectivity index (χ0) is 13.3. The number of nitrogens with two attached hydrogens (primary N) is 1. The van der Waals surface area contributed by atoms with Gasteiger partial charge in [0.1, 0.15) is 0 Å². The minimum Gasteiger partial charge on any atom is -0.321 e. The third-order valence-electron chi connectivity index (χ3n) is 4.16. The summed E-state index contributed by atoms with van der Waals surface area (Å²) in [5, 5.41) is 1.40. The van der Waals surface area contributed by atoms with Crippen LogP contribution < -0.4 is 10.8 Å². The lowest BCUT2D eigenvalue weighted by Crippen LogP contribution is -2.38. The summed E-state index contributed by atoms with van der Waals surface area (Å²) >= 11 is 0. The minimum atomic E-state index is -0.239. The Morgan fingerprint density at radius 2 is 2.00 bits per heavy atom. The number of anilines is 1. The third-order valence-corrected chi connectivity index (χ3v) is 4.16. The SMILES string of the molecule is NC1(c2cccc(N3OCCC3=O)c2)CCCCC1. The fourth-order valence-electron chi connectivity index (χ4n) is 3.03. The Bertz CT molecular complexity index is 481. The highest BCUT2D eigenvalue weighted by atomic mass is 16.7.